The van der Waals surface area contributed by atoms with Crippen LogP contribution in [-0.4, -0.2) is 0 Å². The number of rotatable bonds is 0. The van der Waals surface area contributed by atoms with Crippen molar-refractivity contribution in [3.63, 3.8) is 0 Å². The summed E-state index contributed by atoms with van der Waals surface area (Å²) in [5.41, 5.74) is 1.39. The van der Waals surface area contributed by atoms with Crippen molar-refractivity contribution in [1.82, 2.24) is 0 Å². The molecule has 3 aliphatic carbocycles. The predicted octanol–water partition coefficient (Wildman–Crippen LogP) is 4.49. The van der Waals surface area contributed by atoms with Gasteiger partial charge in [-0.3, -0.25) is 0 Å². The first-order valence-electron chi connectivity index (χ1n) is 6.98. The van der Waals surface area contributed by atoms with Crippen molar-refractivity contribution in [1.29, 1.82) is 0 Å². The summed E-state index contributed by atoms with van der Waals surface area (Å²) < 4.78 is 0. The second-order valence-corrected chi connectivity index (χ2v) is 7.38. The average molecular weight is 206 g/mol. The second-order valence-electron chi connectivity index (χ2n) is 7.38. The van der Waals surface area contributed by atoms with E-state index in [1.807, 2.05) is 0 Å². The monoisotopic (exact) mass is 206 g/mol. The molecule has 3 aliphatic rings. The maximum atomic E-state index is 2.56. The molecule has 86 valence electrons. The lowest BCUT2D eigenvalue weighted by atomic mass is 9.52. The van der Waals surface area contributed by atoms with Crippen molar-refractivity contribution in [2.45, 2.75) is 59.8 Å². The molecule has 5 unspecified atom stereocenters. The van der Waals surface area contributed by atoms with Crippen molar-refractivity contribution in [3.8, 4) is 0 Å². The smallest absolute Gasteiger partial charge is 0.0235 e. The molecule has 15 heavy (non-hydrogen) atoms. The SMILES string of the molecule is CC1C2CCC3(C2)C(C)CCC3C1(C)C. The maximum absolute atomic E-state index is 2.56. The van der Waals surface area contributed by atoms with Crippen LogP contribution in [0.15, 0.2) is 0 Å². The van der Waals surface area contributed by atoms with Crippen LogP contribution in [0.5, 0.6) is 0 Å². The molecule has 0 radical (unpaired) electrons. The second kappa shape index (κ2) is 2.81. The van der Waals surface area contributed by atoms with Crippen LogP contribution in [0, 0.1) is 34.5 Å². The Morgan fingerprint density at radius 2 is 1.73 bits per heavy atom. The maximum Gasteiger partial charge on any atom is -0.0235 e. The van der Waals surface area contributed by atoms with Crippen molar-refractivity contribution >= 4 is 0 Å². The Balaban J connectivity index is 2.05. The summed E-state index contributed by atoms with van der Waals surface area (Å²) in [4.78, 5) is 0. The summed E-state index contributed by atoms with van der Waals surface area (Å²) in [6, 6.07) is 0. The van der Waals surface area contributed by atoms with E-state index in [1.165, 1.54) is 19.3 Å². The minimum atomic E-state index is 0.615. The third kappa shape index (κ3) is 1.04. The summed E-state index contributed by atoms with van der Waals surface area (Å²) in [5, 5.41) is 0. The molecule has 0 aliphatic heterocycles. The highest BCUT2D eigenvalue weighted by molar-refractivity contribution is 5.11. The lowest BCUT2D eigenvalue weighted by molar-refractivity contribution is -0.0410. The van der Waals surface area contributed by atoms with E-state index < -0.39 is 0 Å². The fraction of sp³-hybridized carbons (Fsp3) is 1.00. The molecule has 0 aromatic rings. The van der Waals surface area contributed by atoms with E-state index in [9.17, 15) is 0 Å². The molecule has 0 aromatic heterocycles. The number of fused-ring (bicyclic) bond motifs is 1. The fourth-order valence-electron chi connectivity index (χ4n) is 5.71. The topological polar surface area (TPSA) is 0 Å². The van der Waals surface area contributed by atoms with Crippen molar-refractivity contribution < 1.29 is 0 Å². The van der Waals surface area contributed by atoms with Crippen LogP contribution in [0.4, 0.5) is 0 Å². The molecule has 2 bridgehead atoms. The van der Waals surface area contributed by atoms with Gasteiger partial charge in [-0.2, -0.15) is 0 Å². The molecule has 0 amide bonds. The molecule has 0 N–H and O–H groups in total. The van der Waals surface area contributed by atoms with Gasteiger partial charge in [-0.05, 0) is 66.6 Å². The molecule has 0 heterocycles. The Bertz CT molecular complexity index is 278. The van der Waals surface area contributed by atoms with E-state index in [1.54, 1.807) is 12.8 Å². The highest BCUT2D eigenvalue weighted by Crippen LogP contribution is 2.70. The van der Waals surface area contributed by atoms with E-state index >= 15 is 0 Å². The Hall–Kier alpha value is 0. The fourth-order valence-corrected chi connectivity index (χ4v) is 5.71. The van der Waals surface area contributed by atoms with Gasteiger partial charge >= 0.3 is 0 Å². The molecule has 3 saturated carbocycles. The van der Waals surface area contributed by atoms with Gasteiger partial charge in [0.1, 0.15) is 0 Å². The summed E-state index contributed by atoms with van der Waals surface area (Å²) in [6.07, 6.45) is 7.69. The van der Waals surface area contributed by atoms with Gasteiger partial charge in [0.25, 0.3) is 0 Å². The van der Waals surface area contributed by atoms with E-state index in [0.717, 1.165) is 29.1 Å². The molecule has 0 nitrogen and oxygen atoms in total. The van der Waals surface area contributed by atoms with Crippen LogP contribution in [0.3, 0.4) is 0 Å². The highest BCUT2D eigenvalue weighted by atomic mass is 14.7. The van der Waals surface area contributed by atoms with Crippen molar-refractivity contribution in [2.75, 3.05) is 0 Å². The first kappa shape index (κ1) is 10.2. The zero-order chi connectivity index (χ0) is 10.8. The van der Waals surface area contributed by atoms with Gasteiger partial charge in [0.2, 0.25) is 0 Å². The van der Waals surface area contributed by atoms with Crippen LogP contribution in [0.2, 0.25) is 0 Å². The van der Waals surface area contributed by atoms with Crippen LogP contribution in [-0.2, 0) is 0 Å². The average Bonchev–Trinajstić information content (AvgIpc) is 2.71. The van der Waals surface area contributed by atoms with Gasteiger partial charge < -0.3 is 0 Å². The third-order valence-electron chi connectivity index (χ3n) is 6.97. The molecule has 0 aromatic carbocycles. The van der Waals surface area contributed by atoms with Gasteiger partial charge in [-0.15, -0.1) is 0 Å². The largest absolute Gasteiger partial charge is 0.0620 e. The zero-order valence-electron chi connectivity index (χ0n) is 10.8. The van der Waals surface area contributed by atoms with Crippen LogP contribution in [0.1, 0.15) is 59.8 Å². The summed E-state index contributed by atoms with van der Waals surface area (Å²) in [7, 11) is 0. The lowest BCUT2D eigenvalue weighted by Crippen LogP contribution is -2.46. The van der Waals surface area contributed by atoms with Crippen molar-refractivity contribution in [3.05, 3.63) is 0 Å². The first-order valence-corrected chi connectivity index (χ1v) is 6.98. The quantitative estimate of drug-likeness (QED) is 0.547. The minimum Gasteiger partial charge on any atom is -0.0620 e. The molecule has 3 rings (SSSR count). The summed E-state index contributed by atoms with van der Waals surface area (Å²) in [6.45, 7) is 10.2. The Morgan fingerprint density at radius 3 is 2.47 bits per heavy atom. The molecule has 0 heteroatoms. The van der Waals surface area contributed by atoms with Crippen molar-refractivity contribution in [2.24, 2.45) is 34.5 Å². The van der Waals surface area contributed by atoms with E-state index in [-0.39, 0.29) is 0 Å². The predicted molar refractivity (Wildman–Crippen MR) is 64.6 cm³/mol. The lowest BCUT2D eigenvalue weighted by Gasteiger charge is -2.52. The number of hydrogen-bond donors (Lipinski definition) is 0. The van der Waals surface area contributed by atoms with E-state index in [2.05, 4.69) is 27.7 Å². The standard InChI is InChI=1S/C15H26/c1-10-5-6-13-14(3,4)11(2)12-7-8-15(10,13)9-12/h10-13H,5-9H2,1-4H3. The number of hydrogen-bond acceptors (Lipinski definition) is 0. The zero-order valence-corrected chi connectivity index (χ0v) is 10.8. The molecular weight excluding hydrogens is 180 g/mol. The Kier molecular flexibility index (Phi) is 1.91. The first-order chi connectivity index (χ1) is 6.98. The third-order valence-corrected chi connectivity index (χ3v) is 6.97. The van der Waals surface area contributed by atoms with Gasteiger partial charge in [0.15, 0.2) is 0 Å². The normalized spacial score (nSPS) is 56.8. The van der Waals surface area contributed by atoms with Gasteiger partial charge in [0, 0.05) is 0 Å². The van der Waals surface area contributed by atoms with Crippen LogP contribution >= 0.6 is 0 Å². The van der Waals surface area contributed by atoms with E-state index in [4.69, 9.17) is 0 Å². The molecular formula is C15H26. The van der Waals surface area contributed by atoms with Crippen LogP contribution < -0.4 is 0 Å². The molecule has 5 atom stereocenters. The van der Waals surface area contributed by atoms with Gasteiger partial charge in [-0.25, -0.2) is 0 Å². The molecule has 3 fully saturated rings. The summed E-state index contributed by atoms with van der Waals surface area (Å²) in [5.74, 6) is 4.06. The Labute approximate surface area is 94.8 Å². The molecule has 1 spiro atoms. The Morgan fingerprint density at radius 1 is 1.00 bits per heavy atom. The molecule has 0 saturated heterocycles. The van der Waals surface area contributed by atoms with Crippen LogP contribution in [0.25, 0.3) is 0 Å². The van der Waals surface area contributed by atoms with Gasteiger partial charge in [0.05, 0.1) is 0 Å². The van der Waals surface area contributed by atoms with E-state index in [0.29, 0.717) is 5.41 Å². The summed E-state index contributed by atoms with van der Waals surface area (Å²) >= 11 is 0. The van der Waals surface area contributed by atoms with Gasteiger partial charge in [-0.1, -0.05) is 27.7 Å². The minimum absolute atomic E-state index is 0.615. The highest BCUT2D eigenvalue weighted by Gasteiger charge is 2.62.